The van der Waals surface area contributed by atoms with Crippen LogP contribution in [0.1, 0.15) is 47.0 Å². The number of aliphatic hydroxyl groups excluding tert-OH is 1. The highest BCUT2D eigenvalue weighted by Crippen LogP contribution is 2.33. The van der Waals surface area contributed by atoms with Gasteiger partial charge >= 0.3 is 0 Å². The van der Waals surface area contributed by atoms with Gasteiger partial charge in [0, 0.05) is 18.7 Å². The number of anilines is 1. The van der Waals surface area contributed by atoms with E-state index in [0.717, 1.165) is 25.3 Å². The third-order valence-electron chi connectivity index (χ3n) is 3.55. The van der Waals surface area contributed by atoms with Crippen molar-refractivity contribution in [2.75, 3.05) is 11.9 Å². The van der Waals surface area contributed by atoms with Crippen molar-refractivity contribution in [3.63, 3.8) is 0 Å². The molecule has 0 amide bonds. The maximum atomic E-state index is 11.0. The highest BCUT2D eigenvalue weighted by atomic mass is 16.6. The SMILES string of the molecule is CC.CC.O=[N+]([O-])c1ccc(NC2CCC(CO)C2)c([N+](=O)[O-])c1. The predicted octanol–water partition coefficient (Wildman–Crippen LogP) is 4.13. The van der Waals surface area contributed by atoms with Crippen LogP contribution in [0.4, 0.5) is 17.1 Å². The highest BCUT2D eigenvalue weighted by molar-refractivity contribution is 5.65. The summed E-state index contributed by atoms with van der Waals surface area (Å²) in [6.45, 7) is 8.11. The van der Waals surface area contributed by atoms with Crippen LogP contribution in [0.15, 0.2) is 18.2 Å². The summed E-state index contributed by atoms with van der Waals surface area (Å²) in [6.07, 6.45) is 2.43. The fourth-order valence-electron chi connectivity index (χ4n) is 2.50. The Bertz CT molecular complexity index is 536. The number of aliphatic hydroxyl groups is 1. The zero-order valence-electron chi connectivity index (χ0n) is 14.7. The fraction of sp³-hybridized carbons (Fsp3) is 0.625. The first kappa shape index (κ1) is 21.8. The molecular formula is C16H27N3O5. The standard InChI is InChI=1S/C12H15N3O5.2C2H6/c16-7-8-1-2-9(5-8)13-11-4-3-10(14(17)18)6-12(11)15(19)20;2*1-2/h3-4,6,8-9,13,16H,1-2,5,7H2;2*1-2H3. The molecule has 2 rings (SSSR count). The lowest BCUT2D eigenvalue weighted by molar-refractivity contribution is -0.393. The van der Waals surface area contributed by atoms with E-state index in [1.54, 1.807) is 0 Å². The van der Waals surface area contributed by atoms with Crippen LogP contribution in [0.25, 0.3) is 0 Å². The molecule has 24 heavy (non-hydrogen) atoms. The number of nitrogens with one attached hydrogen (secondary N) is 1. The maximum Gasteiger partial charge on any atom is 0.299 e. The average molecular weight is 341 g/mol. The molecule has 2 unspecified atom stereocenters. The first-order valence-corrected chi connectivity index (χ1v) is 8.31. The molecule has 8 nitrogen and oxygen atoms in total. The molecule has 0 aliphatic heterocycles. The molecule has 0 bridgehead atoms. The average Bonchev–Trinajstić information content (AvgIpc) is 3.06. The number of hydrogen-bond acceptors (Lipinski definition) is 6. The first-order valence-electron chi connectivity index (χ1n) is 8.31. The second-order valence-corrected chi connectivity index (χ2v) is 4.92. The Hall–Kier alpha value is -2.22. The molecule has 2 N–H and O–H groups in total. The smallest absolute Gasteiger partial charge is 0.299 e. The van der Waals surface area contributed by atoms with Gasteiger partial charge in [-0.1, -0.05) is 27.7 Å². The Kier molecular flexibility index (Phi) is 10.3. The number of non-ortho nitro benzene ring substituents is 1. The Morgan fingerprint density at radius 1 is 1.12 bits per heavy atom. The topological polar surface area (TPSA) is 119 Å². The summed E-state index contributed by atoms with van der Waals surface area (Å²) in [5.74, 6) is 0.213. The van der Waals surface area contributed by atoms with Crippen LogP contribution < -0.4 is 5.32 Å². The Morgan fingerprint density at radius 3 is 2.21 bits per heavy atom. The van der Waals surface area contributed by atoms with Gasteiger partial charge in [-0.25, -0.2) is 0 Å². The lowest BCUT2D eigenvalue weighted by Crippen LogP contribution is -2.17. The minimum atomic E-state index is -0.659. The minimum Gasteiger partial charge on any atom is -0.396 e. The van der Waals surface area contributed by atoms with Gasteiger partial charge < -0.3 is 10.4 Å². The second-order valence-electron chi connectivity index (χ2n) is 4.92. The van der Waals surface area contributed by atoms with Crippen molar-refractivity contribution in [2.24, 2.45) is 5.92 Å². The van der Waals surface area contributed by atoms with Crippen LogP contribution in [-0.2, 0) is 0 Å². The number of benzene rings is 1. The monoisotopic (exact) mass is 341 g/mol. The molecule has 8 heteroatoms. The number of nitrogens with zero attached hydrogens (tertiary/aromatic N) is 2. The van der Waals surface area contributed by atoms with Crippen LogP contribution in [-0.4, -0.2) is 27.6 Å². The van der Waals surface area contributed by atoms with E-state index in [2.05, 4.69) is 5.32 Å². The molecule has 2 atom stereocenters. The van der Waals surface area contributed by atoms with E-state index in [-0.39, 0.29) is 35.6 Å². The van der Waals surface area contributed by atoms with Crippen molar-refractivity contribution in [1.82, 2.24) is 0 Å². The van der Waals surface area contributed by atoms with E-state index >= 15 is 0 Å². The van der Waals surface area contributed by atoms with E-state index in [4.69, 9.17) is 5.11 Å². The van der Waals surface area contributed by atoms with Gasteiger partial charge in [0.15, 0.2) is 0 Å². The summed E-state index contributed by atoms with van der Waals surface area (Å²) in [7, 11) is 0. The third kappa shape index (κ3) is 6.11. The van der Waals surface area contributed by atoms with Gasteiger partial charge in [-0.3, -0.25) is 20.2 Å². The van der Waals surface area contributed by atoms with E-state index in [1.807, 2.05) is 27.7 Å². The molecular weight excluding hydrogens is 314 g/mol. The minimum absolute atomic E-state index is 0.0484. The highest BCUT2D eigenvalue weighted by Gasteiger charge is 2.27. The zero-order valence-corrected chi connectivity index (χ0v) is 14.7. The fourth-order valence-corrected chi connectivity index (χ4v) is 2.50. The Labute approximate surface area is 142 Å². The third-order valence-corrected chi connectivity index (χ3v) is 3.55. The molecule has 1 aliphatic rings. The van der Waals surface area contributed by atoms with E-state index < -0.39 is 9.85 Å². The molecule has 0 heterocycles. The summed E-state index contributed by atoms with van der Waals surface area (Å²) in [5, 5.41) is 33.8. The molecule has 136 valence electrons. The quantitative estimate of drug-likeness (QED) is 0.614. The van der Waals surface area contributed by atoms with Gasteiger partial charge in [0.1, 0.15) is 5.69 Å². The molecule has 0 radical (unpaired) electrons. The van der Waals surface area contributed by atoms with E-state index in [1.165, 1.54) is 12.1 Å². The van der Waals surface area contributed by atoms with Gasteiger partial charge in [-0.2, -0.15) is 0 Å². The van der Waals surface area contributed by atoms with Crippen molar-refractivity contribution >= 4 is 17.1 Å². The van der Waals surface area contributed by atoms with Crippen molar-refractivity contribution in [3.8, 4) is 0 Å². The normalized spacial score (nSPS) is 18.5. The van der Waals surface area contributed by atoms with Gasteiger partial charge in [0.05, 0.1) is 15.9 Å². The van der Waals surface area contributed by atoms with Gasteiger partial charge in [-0.05, 0) is 31.2 Å². The number of nitro groups is 2. The number of nitro benzene ring substituents is 2. The van der Waals surface area contributed by atoms with Crippen LogP contribution in [0.5, 0.6) is 0 Å². The van der Waals surface area contributed by atoms with E-state index in [9.17, 15) is 20.2 Å². The van der Waals surface area contributed by atoms with Gasteiger partial charge in [0.25, 0.3) is 11.4 Å². The van der Waals surface area contributed by atoms with Crippen molar-refractivity contribution < 1.29 is 15.0 Å². The largest absolute Gasteiger partial charge is 0.396 e. The maximum absolute atomic E-state index is 11.0. The molecule has 0 spiro atoms. The summed E-state index contributed by atoms with van der Waals surface area (Å²) in [4.78, 5) is 20.4. The number of rotatable bonds is 5. The molecule has 1 aliphatic carbocycles. The van der Waals surface area contributed by atoms with Crippen LogP contribution >= 0.6 is 0 Å². The summed E-state index contributed by atoms with van der Waals surface area (Å²) < 4.78 is 0. The Morgan fingerprint density at radius 2 is 1.75 bits per heavy atom. The number of hydrogen-bond donors (Lipinski definition) is 2. The first-order chi connectivity index (χ1) is 11.5. The van der Waals surface area contributed by atoms with Crippen LogP contribution in [0.3, 0.4) is 0 Å². The lowest BCUT2D eigenvalue weighted by Gasteiger charge is -2.14. The van der Waals surface area contributed by atoms with Crippen molar-refractivity contribution in [2.45, 2.75) is 53.0 Å². The lowest BCUT2D eigenvalue weighted by atomic mass is 10.1. The molecule has 1 aromatic rings. The van der Waals surface area contributed by atoms with Gasteiger partial charge in [-0.15, -0.1) is 0 Å². The molecule has 1 aromatic carbocycles. The van der Waals surface area contributed by atoms with Crippen LogP contribution in [0, 0.1) is 26.1 Å². The van der Waals surface area contributed by atoms with E-state index in [0.29, 0.717) is 0 Å². The zero-order chi connectivity index (χ0) is 18.7. The second kappa shape index (κ2) is 11.3. The van der Waals surface area contributed by atoms with Crippen LogP contribution in [0.2, 0.25) is 0 Å². The molecule has 1 saturated carbocycles. The predicted molar refractivity (Wildman–Crippen MR) is 94.3 cm³/mol. The Balaban J connectivity index is 0.00000123. The molecule has 0 saturated heterocycles. The summed E-state index contributed by atoms with van der Waals surface area (Å²) in [5.41, 5.74) is -0.322. The van der Waals surface area contributed by atoms with Crippen molar-refractivity contribution in [1.29, 1.82) is 0 Å². The summed E-state index contributed by atoms with van der Waals surface area (Å²) >= 11 is 0. The van der Waals surface area contributed by atoms with Crippen molar-refractivity contribution in [3.05, 3.63) is 38.4 Å². The van der Waals surface area contributed by atoms with Gasteiger partial charge in [0.2, 0.25) is 0 Å². The molecule has 0 aromatic heterocycles. The summed E-state index contributed by atoms with van der Waals surface area (Å²) in [6, 6.07) is 3.62. The molecule has 1 fully saturated rings.